The number of piperidine rings is 1. The molecule has 1 fully saturated rings. The third-order valence-electron chi connectivity index (χ3n) is 3.61. The van der Waals surface area contributed by atoms with Crippen LogP contribution in [0.3, 0.4) is 0 Å². The van der Waals surface area contributed by atoms with Gasteiger partial charge in [-0.05, 0) is 73.2 Å². The quantitative estimate of drug-likeness (QED) is 0.825. The van der Waals surface area contributed by atoms with Gasteiger partial charge in [-0.15, -0.1) is 0 Å². The van der Waals surface area contributed by atoms with Crippen molar-refractivity contribution >= 4 is 28.5 Å². The molecular weight excluding hydrogens is 351 g/mol. The van der Waals surface area contributed by atoms with Crippen LogP contribution in [0.2, 0.25) is 0 Å². The molecule has 3 nitrogen and oxygen atoms in total. The van der Waals surface area contributed by atoms with Crippen LogP contribution in [0.5, 0.6) is 0 Å². The Bertz CT molecular complexity index is 413. The highest BCUT2D eigenvalue weighted by Gasteiger charge is 2.20. The number of likely N-dealkylation sites (N-methyl/N-ethyl adjacent to an activating group) is 1. The van der Waals surface area contributed by atoms with Gasteiger partial charge in [-0.2, -0.15) is 0 Å². The molecule has 1 aromatic carbocycles. The molecule has 0 bridgehead atoms. The van der Waals surface area contributed by atoms with Crippen molar-refractivity contribution in [3.8, 4) is 0 Å². The summed E-state index contributed by atoms with van der Waals surface area (Å²) in [6, 6.07) is 8.27. The summed E-state index contributed by atoms with van der Waals surface area (Å²) in [6.07, 6.45) is 3.71. The molecule has 2 rings (SSSR count). The lowest BCUT2D eigenvalue weighted by atomic mass is 10.0. The van der Waals surface area contributed by atoms with Gasteiger partial charge in [-0.1, -0.05) is 6.42 Å². The van der Waals surface area contributed by atoms with Gasteiger partial charge in [0.2, 0.25) is 0 Å². The first kappa shape index (κ1) is 14.8. The summed E-state index contributed by atoms with van der Waals surface area (Å²) < 4.78 is 1.16. The van der Waals surface area contributed by atoms with E-state index in [0.717, 1.165) is 28.8 Å². The second-order valence-electron chi connectivity index (χ2n) is 5.00. The molecule has 1 saturated heterocycles. The summed E-state index contributed by atoms with van der Waals surface area (Å²) in [6.45, 7) is 4.72. The molecular formula is C15H21IN2O. The van der Waals surface area contributed by atoms with Gasteiger partial charge in [0.05, 0.1) is 0 Å². The van der Waals surface area contributed by atoms with Crippen molar-refractivity contribution in [1.82, 2.24) is 10.2 Å². The first-order valence-electron chi connectivity index (χ1n) is 6.99. The van der Waals surface area contributed by atoms with Gasteiger partial charge in [0.1, 0.15) is 0 Å². The summed E-state index contributed by atoms with van der Waals surface area (Å²) in [4.78, 5) is 14.4. The van der Waals surface area contributed by atoms with Crippen LogP contribution in [-0.2, 0) is 0 Å². The van der Waals surface area contributed by atoms with Crippen LogP contribution in [0, 0.1) is 3.57 Å². The van der Waals surface area contributed by atoms with E-state index in [0.29, 0.717) is 6.04 Å². The molecule has 1 aromatic rings. The first-order chi connectivity index (χ1) is 9.20. The van der Waals surface area contributed by atoms with Gasteiger partial charge in [0.25, 0.3) is 5.91 Å². The van der Waals surface area contributed by atoms with Crippen LogP contribution >= 0.6 is 22.6 Å². The first-order valence-corrected chi connectivity index (χ1v) is 8.07. The van der Waals surface area contributed by atoms with E-state index in [1.807, 2.05) is 36.1 Å². The molecule has 1 aliphatic heterocycles. The molecule has 1 heterocycles. The lowest BCUT2D eigenvalue weighted by molar-refractivity contribution is 0.0741. The smallest absolute Gasteiger partial charge is 0.253 e. The standard InChI is InChI=1S/C15H21IN2O/c1-2-18(11-14-5-3-4-10-17-14)15(19)12-6-8-13(16)9-7-12/h6-9,14,17H,2-5,10-11H2,1H3. The Morgan fingerprint density at radius 2 is 2.11 bits per heavy atom. The van der Waals surface area contributed by atoms with Crippen LogP contribution in [0.25, 0.3) is 0 Å². The number of hydrogen-bond acceptors (Lipinski definition) is 2. The Morgan fingerprint density at radius 1 is 1.37 bits per heavy atom. The van der Waals surface area contributed by atoms with Crippen molar-refractivity contribution in [1.29, 1.82) is 0 Å². The van der Waals surface area contributed by atoms with Crippen LogP contribution in [0.15, 0.2) is 24.3 Å². The van der Waals surface area contributed by atoms with Crippen molar-refractivity contribution in [3.63, 3.8) is 0 Å². The summed E-state index contributed by atoms with van der Waals surface area (Å²) in [5.74, 6) is 0.145. The Hall–Kier alpha value is -0.620. The van der Waals surface area contributed by atoms with Gasteiger partial charge in [-0.3, -0.25) is 4.79 Å². The van der Waals surface area contributed by atoms with Crippen LogP contribution in [0.1, 0.15) is 36.5 Å². The predicted molar refractivity (Wildman–Crippen MR) is 86.4 cm³/mol. The Kier molecular flexibility index (Phi) is 5.63. The van der Waals surface area contributed by atoms with Crippen molar-refractivity contribution in [2.75, 3.05) is 19.6 Å². The minimum Gasteiger partial charge on any atom is -0.337 e. The molecule has 1 aliphatic rings. The van der Waals surface area contributed by atoms with Gasteiger partial charge < -0.3 is 10.2 Å². The molecule has 0 aromatic heterocycles. The van der Waals surface area contributed by atoms with E-state index in [1.165, 1.54) is 19.3 Å². The van der Waals surface area contributed by atoms with Crippen molar-refractivity contribution in [2.24, 2.45) is 0 Å². The molecule has 0 radical (unpaired) electrons. The average Bonchev–Trinajstić information content (AvgIpc) is 2.46. The number of hydrogen-bond donors (Lipinski definition) is 1. The normalized spacial score (nSPS) is 19.2. The van der Waals surface area contributed by atoms with E-state index in [2.05, 4.69) is 27.9 Å². The van der Waals surface area contributed by atoms with Crippen molar-refractivity contribution in [2.45, 2.75) is 32.2 Å². The van der Waals surface area contributed by atoms with Gasteiger partial charge in [0.15, 0.2) is 0 Å². The summed E-state index contributed by atoms with van der Waals surface area (Å²) in [5.41, 5.74) is 0.790. The number of carbonyl (C=O) groups excluding carboxylic acids is 1. The molecule has 1 amide bonds. The third kappa shape index (κ3) is 4.18. The number of nitrogens with zero attached hydrogens (tertiary/aromatic N) is 1. The zero-order valence-electron chi connectivity index (χ0n) is 11.4. The monoisotopic (exact) mass is 372 g/mol. The lowest BCUT2D eigenvalue weighted by Crippen LogP contribution is -2.45. The van der Waals surface area contributed by atoms with E-state index in [9.17, 15) is 4.79 Å². The van der Waals surface area contributed by atoms with Gasteiger partial charge in [0, 0.05) is 28.3 Å². The number of rotatable bonds is 4. The van der Waals surface area contributed by atoms with E-state index in [1.54, 1.807) is 0 Å². The summed E-state index contributed by atoms with van der Waals surface area (Å²) >= 11 is 2.26. The molecule has 1 N–H and O–H groups in total. The van der Waals surface area contributed by atoms with Crippen LogP contribution in [0.4, 0.5) is 0 Å². The number of benzene rings is 1. The SMILES string of the molecule is CCN(CC1CCCCN1)C(=O)c1ccc(I)cc1. The van der Waals surface area contributed by atoms with E-state index in [-0.39, 0.29) is 5.91 Å². The summed E-state index contributed by atoms with van der Waals surface area (Å²) in [7, 11) is 0. The molecule has 0 saturated carbocycles. The maximum absolute atomic E-state index is 12.5. The van der Waals surface area contributed by atoms with E-state index >= 15 is 0 Å². The lowest BCUT2D eigenvalue weighted by Gasteiger charge is -2.30. The number of halogens is 1. The van der Waals surface area contributed by atoms with Crippen LogP contribution < -0.4 is 5.32 Å². The zero-order valence-corrected chi connectivity index (χ0v) is 13.5. The summed E-state index contributed by atoms with van der Waals surface area (Å²) in [5, 5.41) is 3.50. The van der Waals surface area contributed by atoms with Crippen molar-refractivity contribution < 1.29 is 4.79 Å². The van der Waals surface area contributed by atoms with Gasteiger partial charge in [-0.25, -0.2) is 0 Å². The second-order valence-corrected chi connectivity index (χ2v) is 6.24. The maximum Gasteiger partial charge on any atom is 0.253 e. The highest BCUT2D eigenvalue weighted by atomic mass is 127. The Morgan fingerprint density at radius 3 is 2.68 bits per heavy atom. The molecule has 1 atom stereocenters. The molecule has 0 spiro atoms. The molecule has 0 aliphatic carbocycles. The highest BCUT2D eigenvalue weighted by molar-refractivity contribution is 14.1. The average molecular weight is 372 g/mol. The fraction of sp³-hybridized carbons (Fsp3) is 0.533. The molecule has 4 heteroatoms. The highest BCUT2D eigenvalue weighted by Crippen LogP contribution is 2.12. The molecule has 1 unspecified atom stereocenters. The van der Waals surface area contributed by atoms with Crippen LogP contribution in [-0.4, -0.2) is 36.5 Å². The minimum absolute atomic E-state index is 0.145. The Labute approximate surface area is 128 Å². The van der Waals surface area contributed by atoms with Gasteiger partial charge >= 0.3 is 0 Å². The van der Waals surface area contributed by atoms with Crippen molar-refractivity contribution in [3.05, 3.63) is 33.4 Å². The fourth-order valence-corrected chi connectivity index (χ4v) is 2.84. The zero-order chi connectivity index (χ0) is 13.7. The second kappa shape index (κ2) is 7.24. The topological polar surface area (TPSA) is 32.3 Å². The van der Waals surface area contributed by atoms with E-state index < -0.39 is 0 Å². The largest absolute Gasteiger partial charge is 0.337 e. The fourth-order valence-electron chi connectivity index (χ4n) is 2.48. The number of carbonyl (C=O) groups is 1. The predicted octanol–water partition coefficient (Wildman–Crippen LogP) is 2.90. The number of nitrogens with one attached hydrogen (secondary N) is 1. The minimum atomic E-state index is 0.145. The molecule has 104 valence electrons. The number of amides is 1. The Balaban J connectivity index is 1.99. The van der Waals surface area contributed by atoms with E-state index in [4.69, 9.17) is 0 Å². The third-order valence-corrected chi connectivity index (χ3v) is 4.33. The molecule has 19 heavy (non-hydrogen) atoms. The maximum atomic E-state index is 12.5.